The van der Waals surface area contributed by atoms with Crippen LogP contribution in [0.15, 0.2) is 22.7 Å². The first-order chi connectivity index (χ1) is 8.11. The minimum absolute atomic E-state index is 0.691. The van der Waals surface area contributed by atoms with Gasteiger partial charge in [-0.2, -0.15) is 0 Å². The second kappa shape index (κ2) is 5.38. The Hall–Kier alpha value is -0.580. The Bertz CT molecular complexity index is 539. The molecule has 0 saturated carbocycles. The number of nitrogen functional groups attached to an aromatic ring is 1. The number of halogens is 2. The van der Waals surface area contributed by atoms with Crippen LogP contribution >= 0.6 is 38.9 Å². The molecule has 17 heavy (non-hydrogen) atoms. The van der Waals surface area contributed by atoms with Crippen LogP contribution in [0.3, 0.4) is 0 Å². The van der Waals surface area contributed by atoms with Crippen molar-refractivity contribution in [2.75, 3.05) is 5.73 Å². The van der Waals surface area contributed by atoms with Crippen LogP contribution in [0.25, 0.3) is 11.3 Å². The van der Waals surface area contributed by atoms with Gasteiger partial charge in [0.05, 0.1) is 10.0 Å². The number of thiazole rings is 1. The molecule has 1 aromatic carbocycles. The molecule has 0 bridgehead atoms. The number of nitrogens with two attached hydrogens (primary N) is 1. The summed E-state index contributed by atoms with van der Waals surface area (Å²) in [5.41, 5.74) is 7.85. The summed E-state index contributed by atoms with van der Waals surface area (Å²) < 4.78 is 0.862. The zero-order valence-electron chi connectivity index (χ0n) is 9.34. The first-order valence-electron chi connectivity index (χ1n) is 5.32. The molecule has 2 rings (SSSR count). The van der Waals surface area contributed by atoms with E-state index in [9.17, 15) is 0 Å². The molecule has 0 fully saturated rings. The topological polar surface area (TPSA) is 38.9 Å². The van der Waals surface area contributed by atoms with Crippen molar-refractivity contribution in [1.82, 2.24) is 4.98 Å². The highest BCUT2D eigenvalue weighted by atomic mass is 79.9. The third-order valence-electron chi connectivity index (χ3n) is 2.35. The second-order valence-corrected chi connectivity index (χ2v) is 6.08. The zero-order chi connectivity index (χ0) is 12.4. The van der Waals surface area contributed by atoms with E-state index in [0.29, 0.717) is 5.02 Å². The molecule has 0 saturated heterocycles. The van der Waals surface area contributed by atoms with E-state index < -0.39 is 0 Å². The fourth-order valence-corrected chi connectivity index (χ4v) is 3.00. The van der Waals surface area contributed by atoms with Crippen LogP contribution in [-0.2, 0) is 6.42 Å². The van der Waals surface area contributed by atoms with Gasteiger partial charge in [-0.25, -0.2) is 4.98 Å². The fourth-order valence-electron chi connectivity index (χ4n) is 1.55. The van der Waals surface area contributed by atoms with E-state index >= 15 is 0 Å². The number of aromatic nitrogens is 1. The van der Waals surface area contributed by atoms with E-state index in [4.69, 9.17) is 17.3 Å². The van der Waals surface area contributed by atoms with Crippen LogP contribution in [0, 0.1) is 0 Å². The van der Waals surface area contributed by atoms with Crippen molar-refractivity contribution in [2.24, 2.45) is 0 Å². The van der Waals surface area contributed by atoms with Crippen LogP contribution in [-0.4, -0.2) is 4.98 Å². The van der Waals surface area contributed by atoms with Crippen molar-refractivity contribution >= 4 is 43.9 Å². The highest BCUT2D eigenvalue weighted by molar-refractivity contribution is 9.10. The Labute approximate surface area is 118 Å². The number of aryl methyl sites for hydroxylation is 1. The molecule has 5 heteroatoms. The van der Waals surface area contributed by atoms with Crippen molar-refractivity contribution in [2.45, 2.75) is 19.8 Å². The van der Waals surface area contributed by atoms with Gasteiger partial charge in [0, 0.05) is 10.0 Å². The van der Waals surface area contributed by atoms with E-state index in [0.717, 1.165) is 38.6 Å². The Morgan fingerprint density at radius 3 is 2.88 bits per heavy atom. The van der Waals surface area contributed by atoms with Crippen LogP contribution in [0.5, 0.6) is 0 Å². The van der Waals surface area contributed by atoms with Gasteiger partial charge in [0.25, 0.3) is 0 Å². The van der Waals surface area contributed by atoms with Crippen LogP contribution in [0.2, 0.25) is 5.02 Å². The number of hydrogen-bond acceptors (Lipinski definition) is 3. The van der Waals surface area contributed by atoms with Gasteiger partial charge < -0.3 is 5.73 Å². The largest absolute Gasteiger partial charge is 0.389 e. The number of anilines is 1. The summed E-state index contributed by atoms with van der Waals surface area (Å²) in [7, 11) is 0. The van der Waals surface area contributed by atoms with Crippen molar-refractivity contribution in [3.05, 3.63) is 32.7 Å². The zero-order valence-corrected chi connectivity index (χ0v) is 12.5. The Balaban J connectivity index is 2.41. The fraction of sp³-hybridized carbons (Fsp3) is 0.250. The Kier molecular flexibility index (Phi) is 4.07. The summed E-state index contributed by atoms with van der Waals surface area (Å²) in [6.45, 7) is 2.14. The lowest BCUT2D eigenvalue weighted by Crippen LogP contribution is -1.86. The molecular formula is C12H12BrClN2S. The van der Waals surface area contributed by atoms with Gasteiger partial charge >= 0.3 is 0 Å². The summed E-state index contributed by atoms with van der Waals surface area (Å²) in [4.78, 5) is 4.57. The molecule has 0 aliphatic carbocycles. The summed E-state index contributed by atoms with van der Waals surface area (Å²) >= 11 is 10.9. The molecule has 90 valence electrons. The van der Waals surface area contributed by atoms with Crippen molar-refractivity contribution in [3.8, 4) is 11.3 Å². The van der Waals surface area contributed by atoms with Gasteiger partial charge in [0.2, 0.25) is 0 Å². The van der Waals surface area contributed by atoms with E-state index in [1.165, 1.54) is 0 Å². The molecule has 2 nitrogen and oxygen atoms in total. The van der Waals surface area contributed by atoms with Crippen molar-refractivity contribution in [3.63, 3.8) is 0 Å². The molecule has 2 N–H and O–H groups in total. The molecule has 0 unspecified atom stereocenters. The highest BCUT2D eigenvalue weighted by Crippen LogP contribution is 2.34. The molecule has 1 heterocycles. The monoisotopic (exact) mass is 330 g/mol. The van der Waals surface area contributed by atoms with Crippen LogP contribution in [0.4, 0.5) is 5.00 Å². The van der Waals surface area contributed by atoms with E-state index in [1.54, 1.807) is 11.3 Å². The number of nitrogens with zero attached hydrogens (tertiary/aromatic N) is 1. The van der Waals surface area contributed by atoms with Gasteiger partial charge in [-0.15, -0.1) is 11.3 Å². The van der Waals surface area contributed by atoms with E-state index in [2.05, 4.69) is 27.8 Å². The van der Waals surface area contributed by atoms with Gasteiger partial charge in [-0.05, 0) is 40.9 Å². The predicted molar refractivity (Wildman–Crippen MR) is 78.7 cm³/mol. The summed E-state index contributed by atoms with van der Waals surface area (Å²) in [5, 5.41) is 2.55. The molecule has 2 aromatic rings. The maximum atomic E-state index is 6.00. The third kappa shape index (κ3) is 2.81. The summed E-state index contributed by atoms with van der Waals surface area (Å²) in [5.74, 6) is 0. The lowest BCUT2D eigenvalue weighted by atomic mass is 10.2. The van der Waals surface area contributed by atoms with Crippen LogP contribution < -0.4 is 5.73 Å². The number of benzene rings is 1. The standard InChI is InChI=1S/C12H12BrClN2S/c1-2-3-10-16-11(12(15)17-10)7-4-5-9(14)8(13)6-7/h4-6H,2-3,15H2,1H3. The highest BCUT2D eigenvalue weighted by Gasteiger charge is 2.11. The molecular weight excluding hydrogens is 320 g/mol. The smallest absolute Gasteiger partial charge is 0.114 e. The first kappa shape index (κ1) is 12.9. The first-order valence-corrected chi connectivity index (χ1v) is 7.31. The molecule has 0 aliphatic rings. The molecule has 0 spiro atoms. The summed E-state index contributed by atoms with van der Waals surface area (Å²) in [6, 6.07) is 5.73. The Morgan fingerprint density at radius 2 is 2.24 bits per heavy atom. The minimum atomic E-state index is 0.691. The van der Waals surface area contributed by atoms with Crippen LogP contribution in [0.1, 0.15) is 18.4 Å². The molecule has 0 amide bonds. The lowest BCUT2D eigenvalue weighted by molar-refractivity contribution is 0.910. The molecule has 0 atom stereocenters. The Morgan fingerprint density at radius 1 is 1.47 bits per heavy atom. The second-order valence-electron chi connectivity index (χ2n) is 3.70. The van der Waals surface area contributed by atoms with Gasteiger partial charge in [-0.1, -0.05) is 24.6 Å². The van der Waals surface area contributed by atoms with Gasteiger partial charge in [-0.3, -0.25) is 0 Å². The number of hydrogen-bond donors (Lipinski definition) is 1. The van der Waals surface area contributed by atoms with E-state index in [1.807, 2.05) is 18.2 Å². The lowest BCUT2D eigenvalue weighted by Gasteiger charge is -2.01. The maximum Gasteiger partial charge on any atom is 0.114 e. The van der Waals surface area contributed by atoms with Crippen molar-refractivity contribution < 1.29 is 0 Å². The van der Waals surface area contributed by atoms with Gasteiger partial charge in [0.1, 0.15) is 10.7 Å². The molecule has 0 radical (unpaired) electrons. The normalized spacial score (nSPS) is 10.8. The average Bonchev–Trinajstić information content (AvgIpc) is 2.64. The maximum absolute atomic E-state index is 6.00. The predicted octanol–water partition coefficient (Wildman–Crippen LogP) is 4.76. The quantitative estimate of drug-likeness (QED) is 0.880. The summed E-state index contributed by atoms with van der Waals surface area (Å²) in [6.07, 6.45) is 2.06. The SMILES string of the molecule is CCCc1nc(-c2ccc(Cl)c(Br)c2)c(N)s1. The van der Waals surface area contributed by atoms with Crippen molar-refractivity contribution in [1.29, 1.82) is 0 Å². The number of rotatable bonds is 3. The van der Waals surface area contributed by atoms with E-state index in [-0.39, 0.29) is 0 Å². The van der Waals surface area contributed by atoms with Gasteiger partial charge in [0.15, 0.2) is 0 Å². The third-order valence-corrected chi connectivity index (χ3v) is 4.51. The molecule has 0 aliphatic heterocycles. The average molecular weight is 332 g/mol. The molecule has 1 aromatic heterocycles. The minimum Gasteiger partial charge on any atom is -0.389 e.